The molecule has 0 radical (unpaired) electrons. The Bertz CT molecular complexity index is 383. The van der Waals surface area contributed by atoms with Crippen molar-refractivity contribution in [2.24, 2.45) is 5.73 Å². The van der Waals surface area contributed by atoms with E-state index < -0.39 is 6.04 Å². The molecule has 1 unspecified atom stereocenters. The summed E-state index contributed by atoms with van der Waals surface area (Å²) in [6, 6.07) is -0.521. The first kappa shape index (κ1) is 13.8. The predicted molar refractivity (Wildman–Crippen MR) is 68.9 cm³/mol. The maximum absolute atomic E-state index is 12.4. The summed E-state index contributed by atoms with van der Waals surface area (Å²) in [4.78, 5) is 36.6. The number of likely N-dealkylation sites (tertiary alicyclic amines) is 1. The molecule has 2 rings (SSSR count). The van der Waals surface area contributed by atoms with Crippen molar-refractivity contribution in [2.45, 2.75) is 57.0 Å². The molecule has 3 N–H and O–H groups in total. The molecule has 2 saturated heterocycles. The molecule has 2 aliphatic rings. The molecule has 0 aromatic carbocycles. The van der Waals surface area contributed by atoms with Crippen LogP contribution in [0.2, 0.25) is 0 Å². The van der Waals surface area contributed by atoms with E-state index >= 15 is 0 Å². The zero-order valence-electron chi connectivity index (χ0n) is 11.1. The van der Waals surface area contributed by atoms with Crippen LogP contribution in [0.4, 0.5) is 0 Å². The third kappa shape index (κ3) is 3.45. The molecule has 0 aromatic rings. The maximum Gasteiger partial charge on any atom is 0.245 e. The predicted octanol–water partition coefficient (Wildman–Crippen LogP) is -0.0884. The van der Waals surface area contributed by atoms with E-state index in [-0.39, 0.29) is 30.2 Å². The fourth-order valence-electron chi connectivity index (χ4n) is 2.93. The third-order valence-electron chi connectivity index (χ3n) is 3.88. The Balaban J connectivity index is 2.02. The molecule has 2 atom stereocenters. The number of nitrogens with one attached hydrogen (secondary N) is 1. The first-order valence-corrected chi connectivity index (χ1v) is 6.96. The van der Waals surface area contributed by atoms with E-state index in [1.165, 1.54) is 0 Å². The van der Waals surface area contributed by atoms with Gasteiger partial charge in [0.15, 0.2) is 0 Å². The van der Waals surface area contributed by atoms with E-state index in [9.17, 15) is 14.4 Å². The Kier molecular flexibility index (Phi) is 4.39. The summed E-state index contributed by atoms with van der Waals surface area (Å²) in [6.07, 6.45) is 4.91. The van der Waals surface area contributed by atoms with Gasteiger partial charge in [-0.05, 0) is 32.1 Å². The zero-order chi connectivity index (χ0) is 13.8. The number of primary amides is 1. The summed E-state index contributed by atoms with van der Waals surface area (Å²) in [6.45, 7) is 0.656. The lowest BCUT2D eigenvalue weighted by Gasteiger charge is -2.38. The molecule has 2 fully saturated rings. The van der Waals surface area contributed by atoms with Crippen LogP contribution < -0.4 is 11.1 Å². The second-order valence-corrected chi connectivity index (χ2v) is 5.36. The number of carbonyl (C=O) groups is 3. The smallest absolute Gasteiger partial charge is 0.245 e. The SMILES string of the molecule is NC(=O)CC1CCCCN1C(=O)[C@H]1CCCC(=O)N1. The minimum absolute atomic E-state index is 0.0565. The van der Waals surface area contributed by atoms with Gasteiger partial charge in [-0.2, -0.15) is 0 Å². The molecular formula is C13H21N3O3. The molecular weight excluding hydrogens is 246 g/mol. The molecule has 0 aliphatic carbocycles. The minimum atomic E-state index is -0.422. The van der Waals surface area contributed by atoms with Gasteiger partial charge in [0.2, 0.25) is 17.7 Å². The van der Waals surface area contributed by atoms with E-state index in [0.29, 0.717) is 19.4 Å². The van der Waals surface area contributed by atoms with Crippen LogP contribution in [0.25, 0.3) is 0 Å². The van der Waals surface area contributed by atoms with Gasteiger partial charge in [-0.15, -0.1) is 0 Å². The second-order valence-electron chi connectivity index (χ2n) is 5.36. The Morgan fingerprint density at radius 3 is 2.74 bits per heavy atom. The van der Waals surface area contributed by atoms with Crippen LogP contribution in [0, 0.1) is 0 Å². The fraction of sp³-hybridized carbons (Fsp3) is 0.769. The fourth-order valence-corrected chi connectivity index (χ4v) is 2.93. The molecule has 2 heterocycles. The number of hydrogen-bond donors (Lipinski definition) is 2. The molecule has 6 heteroatoms. The van der Waals surface area contributed by atoms with Crippen molar-refractivity contribution in [3.05, 3.63) is 0 Å². The molecule has 3 amide bonds. The Morgan fingerprint density at radius 1 is 1.26 bits per heavy atom. The molecule has 2 aliphatic heterocycles. The quantitative estimate of drug-likeness (QED) is 0.748. The lowest BCUT2D eigenvalue weighted by Crippen LogP contribution is -2.55. The number of piperidine rings is 2. The highest BCUT2D eigenvalue weighted by molar-refractivity contribution is 5.89. The average molecular weight is 267 g/mol. The molecule has 0 bridgehead atoms. The summed E-state index contributed by atoms with van der Waals surface area (Å²) >= 11 is 0. The summed E-state index contributed by atoms with van der Waals surface area (Å²) < 4.78 is 0. The van der Waals surface area contributed by atoms with Crippen LogP contribution in [-0.4, -0.2) is 41.2 Å². The van der Waals surface area contributed by atoms with E-state index in [2.05, 4.69) is 5.32 Å². The number of amides is 3. The minimum Gasteiger partial charge on any atom is -0.370 e. The number of nitrogens with zero attached hydrogens (tertiary/aromatic N) is 1. The summed E-state index contributed by atoms with van der Waals surface area (Å²) in [5.41, 5.74) is 5.24. The van der Waals surface area contributed by atoms with Gasteiger partial charge in [-0.3, -0.25) is 14.4 Å². The van der Waals surface area contributed by atoms with Crippen molar-refractivity contribution >= 4 is 17.7 Å². The highest BCUT2D eigenvalue weighted by Gasteiger charge is 2.34. The number of rotatable bonds is 3. The lowest BCUT2D eigenvalue weighted by molar-refractivity contribution is -0.141. The largest absolute Gasteiger partial charge is 0.370 e. The van der Waals surface area contributed by atoms with Crippen LogP contribution in [0.3, 0.4) is 0 Å². The Labute approximate surface area is 112 Å². The number of carbonyl (C=O) groups excluding carboxylic acids is 3. The van der Waals surface area contributed by atoms with Gasteiger partial charge in [0.25, 0.3) is 0 Å². The van der Waals surface area contributed by atoms with Crippen LogP contribution in [0.5, 0.6) is 0 Å². The average Bonchev–Trinajstić information content (AvgIpc) is 2.38. The highest BCUT2D eigenvalue weighted by atomic mass is 16.2. The van der Waals surface area contributed by atoms with Gasteiger partial charge in [-0.1, -0.05) is 0 Å². The van der Waals surface area contributed by atoms with Crippen LogP contribution >= 0.6 is 0 Å². The van der Waals surface area contributed by atoms with Crippen molar-refractivity contribution < 1.29 is 14.4 Å². The lowest BCUT2D eigenvalue weighted by atomic mass is 9.96. The normalized spacial score (nSPS) is 27.8. The summed E-state index contributed by atoms with van der Waals surface area (Å²) in [5.74, 6) is -0.496. The molecule has 6 nitrogen and oxygen atoms in total. The van der Waals surface area contributed by atoms with Crippen molar-refractivity contribution in [1.29, 1.82) is 0 Å². The van der Waals surface area contributed by atoms with Gasteiger partial charge >= 0.3 is 0 Å². The van der Waals surface area contributed by atoms with E-state index in [0.717, 1.165) is 25.7 Å². The molecule has 0 aromatic heterocycles. The van der Waals surface area contributed by atoms with Gasteiger partial charge < -0.3 is 16.0 Å². The second kappa shape index (κ2) is 6.04. The van der Waals surface area contributed by atoms with E-state index in [1.807, 2.05) is 0 Å². The number of hydrogen-bond acceptors (Lipinski definition) is 3. The maximum atomic E-state index is 12.4. The Hall–Kier alpha value is -1.59. The molecule has 106 valence electrons. The third-order valence-corrected chi connectivity index (χ3v) is 3.88. The van der Waals surface area contributed by atoms with E-state index in [4.69, 9.17) is 5.73 Å². The van der Waals surface area contributed by atoms with Crippen molar-refractivity contribution in [3.8, 4) is 0 Å². The zero-order valence-corrected chi connectivity index (χ0v) is 11.1. The number of nitrogens with two attached hydrogens (primary N) is 1. The topological polar surface area (TPSA) is 92.5 Å². The van der Waals surface area contributed by atoms with Crippen molar-refractivity contribution in [1.82, 2.24) is 10.2 Å². The van der Waals surface area contributed by atoms with Crippen molar-refractivity contribution in [2.75, 3.05) is 6.54 Å². The van der Waals surface area contributed by atoms with Crippen molar-refractivity contribution in [3.63, 3.8) is 0 Å². The van der Waals surface area contributed by atoms with Crippen LogP contribution in [0.1, 0.15) is 44.9 Å². The van der Waals surface area contributed by atoms with Gasteiger partial charge in [0, 0.05) is 25.4 Å². The van der Waals surface area contributed by atoms with Gasteiger partial charge in [0.1, 0.15) is 6.04 Å². The monoisotopic (exact) mass is 267 g/mol. The standard InChI is InChI=1S/C13H21N3O3/c14-11(17)8-9-4-1-2-7-16(9)13(19)10-5-3-6-12(18)15-10/h9-10H,1-8H2,(H2,14,17)(H,15,18)/t9?,10-/m1/s1. The van der Waals surface area contributed by atoms with Crippen LogP contribution in [-0.2, 0) is 14.4 Å². The molecule has 0 saturated carbocycles. The highest BCUT2D eigenvalue weighted by Crippen LogP contribution is 2.22. The van der Waals surface area contributed by atoms with E-state index in [1.54, 1.807) is 4.90 Å². The first-order chi connectivity index (χ1) is 9.08. The molecule has 19 heavy (non-hydrogen) atoms. The van der Waals surface area contributed by atoms with Gasteiger partial charge in [-0.25, -0.2) is 0 Å². The summed E-state index contributed by atoms with van der Waals surface area (Å²) in [7, 11) is 0. The van der Waals surface area contributed by atoms with Gasteiger partial charge in [0.05, 0.1) is 0 Å². The van der Waals surface area contributed by atoms with Crippen LogP contribution in [0.15, 0.2) is 0 Å². The first-order valence-electron chi connectivity index (χ1n) is 6.96. The Morgan fingerprint density at radius 2 is 2.05 bits per heavy atom. The summed E-state index contributed by atoms with van der Waals surface area (Å²) in [5, 5.41) is 2.74. The molecule has 0 spiro atoms.